The minimum absolute atomic E-state index is 0.268. The van der Waals surface area contributed by atoms with Crippen LogP contribution in [0.5, 0.6) is 0 Å². The van der Waals surface area contributed by atoms with Gasteiger partial charge in [-0.15, -0.1) is 11.3 Å². The molecule has 4 aliphatic rings. The number of hydrogen-bond donors (Lipinski definition) is 0. The van der Waals surface area contributed by atoms with Crippen LogP contribution in [0.25, 0.3) is 0 Å². The van der Waals surface area contributed by atoms with Gasteiger partial charge in [0.1, 0.15) is 0 Å². The second-order valence-corrected chi connectivity index (χ2v) is 6.96. The number of amides is 1. The van der Waals surface area contributed by atoms with Crippen LogP contribution in [0.15, 0.2) is 17.5 Å². The van der Waals surface area contributed by atoms with E-state index in [4.69, 9.17) is 0 Å². The summed E-state index contributed by atoms with van der Waals surface area (Å²) in [6, 6.07) is 4.40. The fourth-order valence-electron chi connectivity index (χ4n) is 4.08. The second kappa shape index (κ2) is 4.07. The number of fused-ring (bicyclic) bond motifs is 1. The van der Waals surface area contributed by atoms with Crippen LogP contribution in [-0.2, 0) is 0 Å². The van der Waals surface area contributed by atoms with Crippen molar-refractivity contribution in [3.63, 3.8) is 0 Å². The summed E-state index contributed by atoms with van der Waals surface area (Å²) in [6.45, 7) is 4.56. The lowest BCUT2D eigenvalue weighted by atomic mass is 9.84. The molecule has 4 heteroatoms. The average Bonchev–Trinajstić information content (AvgIpc) is 2.80. The molecule has 96 valence electrons. The van der Waals surface area contributed by atoms with Gasteiger partial charge in [0, 0.05) is 32.2 Å². The highest BCUT2D eigenvalue weighted by molar-refractivity contribution is 7.12. The Bertz CT molecular complexity index is 444. The molecule has 0 N–H and O–H groups in total. The Balaban J connectivity index is 1.64. The van der Waals surface area contributed by atoms with Crippen LogP contribution in [0.4, 0.5) is 0 Å². The number of piperidine rings is 2. The predicted octanol–water partition coefficient (Wildman–Crippen LogP) is 1.91. The zero-order chi connectivity index (χ0) is 12.1. The maximum atomic E-state index is 12.6. The van der Waals surface area contributed by atoms with Gasteiger partial charge >= 0.3 is 0 Å². The molecule has 0 radical (unpaired) electrons. The summed E-state index contributed by atoms with van der Waals surface area (Å²) in [4.78, 5) is 18.3. The molecule has 5 rings (SSSR count). The summed E-state index contributed by atoms with van der Waals surface area (Å²) < 4.78 is 0. The topological polar surface area (TPSA) is 23.6 Å². The highest BCUT2D eigenvalue weighted by Crippen LogP contribution is 2.37. The quantitative estimate of drug-likeness (QED) is 0.772. The number of hydrogen-bond acceptors (Lipinski definition) is 3. The molecule has 4 atom stereocenters. The molecule has 4 aliphatic heterocycles. The molecule has 4 saturated heterocycles. The zero-order valence-electron chi connectivity index (χ0n) is 10.4. The van der Waals surface area contributed by atoms with Crippen molar-refractivity contribution in [3.8, 4) is 0 Å². The third-order valence-corrected chi connectivity index (χ3v) is 5.52. The van der Waals surface area contributed by atoms with Crippen molar-refractivity contribution >= 4 is 17.2 Å². The first-order valence-corrected chi connectivity index (χ1v) is 7.74. The van der Waals surface area contributed by atoms with Gasteiger partial charge in [-0.1, -0.05) is 6.07 Å². The number of nitrogens with zero attached hydrogens (tertiary/aromatic N) is 2. The van der Waals surface area contributed by atoms with Gasteiger partial charge < -0.3 is 9.80 Å². The van der Waals surface area contributed by atoms with Crippen molar-refractivity contribution in [3.05, 3.63) is 22.4 Å². The Morgan fingerprint density at radius 1 is 1.17 bits per heavy atom. The third-order valence-electron chi connectivity index (χ3n) is 4.66. The van der Waals surface area contributed by atoms with Gasteiger partial charge in [0.15, 0.2) is 0 Å². The van der Waals surface area contributed by atoms with Crippen molar-refractivity contribution in [1.29, 1.82) is 0 Å². The summed E-state index contributed by atoms with van der Waals surface area (Å²) in [6.07, 6.45) is 2.56. The van der Waals surface area contributed by atoms with Crippen molar-refractivity contribution < 1.29 is 4.79 Å². The molecule has 3 nitrogen and oxygen atoms in total. The average molecular weight is 262 g/mol. The van der Waals surface area contributed by atoms with Gasteiger partial charge in [-0.25, -0.2) is 0 Å². The summed E-state index contributed by atoms with van der Waals surface area (Å²) in [5.41, 5.74) is 0. The second-order valence-electron chi connectivity index (χ2n) is 6.01. The van der Waals surface area contributed by atoms with E-state index >= 15 is 0 Å². The standard InChI is InChI=1S/C14H18N2OS/c17-14(13-2-1-3-18-13)16-8-11-4-10-5-12(16)9-15(6-10)7-11/h1-3,10-12H,4-9H2. The van der Waals surface area contributed by atoms with Gasteiger partial charge in [0.25, 0.3) is 5.91 Å². The number of rotatable bonds is 1. The maximum absolute atomic E-state index is 12.6. The lowest BCUT2D eigenvalue weighted by molar-refractivity contribution is 0.0577. The van der Waals surface area contributed by atoms with Crippen LogP contribution < -0.4 is 0 Å². The summed E-state index contributed by atoms with van der Waals surface area (Å²) >= 11 is 1.57. The lowest BCUT2D eigenvalue weighted by Gasteiger charge is -2.41. The van der Waals surface area contributed by atoms with Crippen molar-refractivity contribution in [2.45, 2.75) is 18.9 Å². The minimum atomic E-state index is 0.268. The smallest absolute Gasteiger partial charge is 0.264 e. The fourth-order valence-corrected chi connectivity index (χ4v) is 4.76. The van der Waals surface area contributed by atoms with Gasteiger partial charge in [-0.3, -0.25) is 4.79 Å². The van der Waals surface area contributed by atoms with Crippen molar-refractivity contribution in [2.24, 2.45) is 11.8 Å². The molecule has 18 heavy (non-hydrogen) atoms. The Hall–Kier alpha value is -0.870. The van der Waals surface area contributed by atoms with Gasteiger partial charge in [0.05, 0.1) is 4.88 Å². The van der Waals surface area contributed by atoms with Crippen molar-refractivity contribution in [2.75, 3.05) is 26.2 Å². The molecule has 4 bridgehead atoms. The Kier molecular flexibility index (Phi) is 2.49. The van der Waals surface area contributed by atoms with E-state index in [0.29, 0.717) is 12.0 Å². The highest BCUT2D eigenvalue weighted by atomic mass is 32.1. The van der Waals surface area contributed by atoms with Crippen LogP contribution >= 0.6 is 11.3 Å². The first kappa shape index (κ1) is 11.0. The van der Waals surface area contributed by atoms with Crippen molar-refractivity contribution in [1.82, 2.24) is 9.80 Å². The highest BCUT2D eigenvalue weighted by Gasteiger charge is 2.43. The SMILES string of the molecule is O=C(c1cccs1)N1CC2CC3CC1CN(C3)C2. The Morgan fingerprint density at radius 3 is 2.83 bits per heavy atom. The molecule has 0 spiro atoms. The monoisotopic (exact) mass is 262 g/mol. The molecule has 5 heterocycles. The summed E-state index contributed by atoms with van der Waals surface area (Å²) in [5, 5.41) is 2.00. The first-order valence-electron chi connectivity index (χ1n) is 6.86. The molecule has 4 unspecified atom stereocenters. The van der Waals surface area contributed by atoms with Crippen LogP contribution in [0.3, 0.4) is 0 Å². The predicted molar refractivity (Wildman–Crippen MR) is 71.8 cm³/mol. The molecule has 1 aromatic rings. The van der Waals surface area contributed by atoms with Gasteiger partial charge in [-0.05, 0) is 36.1 Å². The molecular formula is C14H18N2OS. The van der Waals surface area contributed by atoms with E-state index in [1.165, 1.54) is 25.9 Å². The first-order chi connectivity index (χ1) is 8.79. The molecular weight excluding hydrogens is 244 g/mol. The number of thiophene rings is 1. The number of carbonyl (C=O) groups excluding carboxylic acids is 1. The number of carbonyl (C=O) groups is 1. The molecule has 4 fully saturated rings. The summed E-state index contributed by atoms with van der Waals surface area (Å²) in [5.74, 6) is 1.81. The zero-order valence-corrected chi connectivity index (χ0v) is 11.2. The normalized spacial score (nSPS) is 37.9. The molecule has 0 aromatic carbocycles. The van der Waals surface area contributed by atoms with E-state index in [9.17, 15) is 4.79 Å². The Morgan fingerprint density at radius 2 is 2.06 bits per heavy atom. The fraction of sp³-hybridized carbons (Fsp3) is 0.643. The van der Waals surface area contributed by atoms with E-state index in [2.05, 4.69) is 9.80 Å². The van der Waals surface area contributed by atoms with Crippen LogP contribution in [0.1, 0.15) is 22.5 Å². The lowest BCUT2D eigenvalue weighted by Crippen LogP contribution is -2.50. The molecule has 0 aliphatic carbocycles. The van der Waals surface area contributed by atoms with E-state index in [1.54, 1.807) is 11.3 Å². The largest absolute Gasteiger partial charge is 0.333 e. The van der Waals surface area contributed by atoms with E-state index in [1.807, 2.05) is 17.5 Å². The van der Waals surface area contributed by atoms with Crippen LogP contribution in [0, 0.1) is 11.8 Å². The molecule has 1 aromatic heterocycles. The van der Waals surface area contributed by atoms with Gasteiger partial charge in [-0.2, -0.15) is 0 Å². The van der Waals surface area contributed by atoms with E-state index < -0.39 is 0 Å². The van der Waals surface area contributed by atoms with E-state index in [0.717, 1.165) is 23.9 Å². The van der Waals surface area contributed by atoms with Crippen LogP contribution in [0.2, 0.25) is 0 Å². The third kappa shape index (κ3) is 1.70. The van der Waals surface area contributed by atoms with E-state index in [-0.39, 0.29) is 5.91 Å². The molecule has 0 saturated carbocycles. The Labute approximate surface area is 111 Å². The van der Waals surface area contributed by atoms with Gasteiger partial charge in [0.2, 0.25) is 0 Å². The molecule has 1 amide bonds. The van der Waals surface area contributed by atoms with Crippen LogP contribution in [-0.4, -0.2) is 47.9 Å². The maximum Gasteiger partial charge on any atom is 0.264 e. The summed E-state index contributed by atoms with van der Waals surface area (Å²) in [7, 11) is 0. The minimum Gasteiger partial charge on any atom is -0.333 e.